The molecule has 0 unspecified atom stereocenters. The third-order valence-electron chi connectivity index (χ3n) is 18.0. The molecular weight excluding hydrogens is 1240 g/mol. The number of aliphatic hydroxyl groups is 8. The van der Waals surface area contributed by atoms with Crippen molar-refractivity contribution in [2.45, 2.75) is 163 Å². The van der Waals surface area contributed by atoms with Gasteiger partial charge in [0.1, 0.15) is 36.3 Å². The van der Waals surface area contributed by atoms with E-state index in [-0.39, 0.29) is 42.3 Å². The van der Waals surface area contributed by atoms with E-state index in [1.807, 2.05) is 12.1 Å². The SMILES string of the molecule is C[C@@H](O)[C@@H]1NC(=O)[C@@H](NC(=O)c2ccc(-c3ccc(N4CCCN(C5CCCCC5)CC4)cc3)cc2)C[C@@H](O)CNC(=O)[C@@H]2[C@@H](O)[C@@H](C)CN2C(=O)[C@H]([C@H](O)CCNC(CO)CO)NC(=O)[C@H]([C@H](O)Cc2ccc(O)c(OSOOO)c2)NC(=O)[C@@H]2C[C@@H](O)CN2C1=O. The minimum absolute atomic E-state index is 0.0726. The van der Waals surface area contributed by atoms with Crippen molar-refractivity contribution in [3.05, 3.63) is 77.9 Å². The van der Waals surface area contributed by atoms with Gasteiger partial charge in [0.15, 0.2) is 11.5 Å². The van der Waals surface area contributed by atoms with Crippen molar-refractivity contribution in [1.29, 1.82) is 0 Å². The smallest absolute Gasteiger partial charge is 0.261 e. The summed E-state index contributed by atoms with van der Waals surface area (Å²) in [5, 5.41) is 126. The molecule has 93 heavy (non-hydrogen) atoms. The summed E-state index contributed by atoms with van der Waals surface area (Å²) >= 11 is 0.0726. The van der Waals surface area contributed by atoms with Gasteiger partial charge in [0.2, 0.25) is 35.4 Å². The molecule has 3 aromatic carbocycles. The number of hydrogen-bond acceptors (Lipinski definition) is 24. The molecule has 7 amide bonds. The molecule has 5 fully saturated rings. The second-order valence-electron chi connectivity index (χ2n) is 24.7. The zero-order valence-electron chi connectivity index (χ0n) is 51.9. The van der Waals surface area contributed by atoms with Gasteiger partial charge in [-0.3, -0.25) is 38.5 Å². The van der Waals surface area contributed by atoms with Crippen molar-refractivity contribution in [3.63, 3.8) is 0 Å². The lowest BCUT2D eigenvalue weighted by atomic mass is 9.94. The van der Waals surface area contributed by atoms with Gasteiger partial charge in [-0.1, -0.05) is 65.9 Å². The Morgan fingerprint density at radius 1 is 0.720 bits per heavy atom. The summed E-state index contributed by atoms with van der Waals surface area (Å²) in [5.74, 6) is -9.44. The van der Waals surface area contributed by atoms with Crippen LogP contribution in [0.2, 0.25) is 0 Å². The molecule has 4 saturated heterocycles. The maximum atomic E-state index is 15.0. The second-order valence-corrected chi connectivity index (χ2v) is 25.1. The molecule has 4 heterocycles. The first-order valence-corrected chi connectivity index (χ1v) is 32.2. The highest BCUT2D eigenvalue weighted by Crippen LogP contribution is 2.33. The number of phenolic OH excluding ortho intramolecular Hbond substituents is 1. The number of nitrogens with one attached hydrogen (secondary N) is 6. The Bertz CT molecular complexity index is 3000. The van der Waals surface area contributed by atoms with Crippen molar-refractivity contribution in [2.24, 2.45) is 5.92 Å². The van der Waals surface area contributed by atoms with Gasteiger partial charge in [0, 0.05) is 88.3 Å². The molecule has 0 bridgehead atoms. The van der Waals surface area contributed by atoms with Crippen molar-refractivity contribution in [1.82, 2.24) is 46.6 Å². The van der Waals surface area contributed by atoms with Crippen LogP contribution in [0, 0.1) is 5.92 Å². The van der Waals surface area contributed by atoms with Crippen molar-refractivity contribution < 1.29 is 98.3 Å². The number of β-amino-alcohol motifs (C(OH)–C–C–N with tert-alkyl or cyclic N) is 1. The molecule has 1 saturated carbocycles. The third kappa shape index (κ3) is 18.8. The lowest BCUT2D eigenvalue weighted by molar-refractivity contribution is -0.433. The number of aromatic hydroxyl groups is 1. The number of phenols is 1. The Morgan fingerprint density at radius 3 is 2.06 bits per heavy atom. The average Bonchev–Trinajstić information content (AvgIpc) is 1.70. The van der Waals surface area contributed by atoms with Crippen LogP contribution < -0.4 is 41.0 Å². The van der Waals surface area contributed by atoms with Crippen LogP contribution in [0.15, 0.2) is 66.7 Å². The number of rotatable bonds is 20. The first-order valence-electron chi connectivity index (χ1n) is 31.6. The Labute approximate surface area is 542 Å². The first-order chi connectivity index (χ1) is 44.6. The van der Waals surface area contributed by atoms with Crippen LogP contribution in [0.4, 0.5) is 5.69 Å². The zero-order valence-corrected chi connectivity index (χ0v) is 52.7. The number of carbonyl (C=O) groups is 7. The van der Waals surface area contributed by atoms with Crippen molar-refractivity contribution in [3.8, 4) is 22.6 Å². The Balaban J connectivity index is 1.07. The quantitative estimate of drug-likeness (QED) is 0.0242. The first kappa shape index (κ1) is 72.0. The van der Waals surface area contributed by atoms with Crippen LogP contribution in [-0.2, 0) is 44.6 Å². The molecule has 1 aliphatic carbocycles. The predicted molar refractivity (Wildman–Crippen MR) is 334 cm³/mol. The Morgan fingerprint density at radius 2 is 1.39 bits per heavy atom. The topological polar surface area (TPSA) is 435 Å². The highest BCUT2D eigenvalue weighted by molar-refractivity contribution is 7.90. The van der Waals surface area contributed by atoms with E-state index in [9.17, 15) is 79.5 Å². The minimum Gasteiger partial charge on any atom is -0.504 e. The monoisotopic (exact) mass is 1320 g/mol. The maximum Gasteiger partial charge on any atom is 0.261 e. The van der Waals surface area contributed by atoms with Crippen LogP contribution in [0.3, 0.4) is 0 Å². The zero-order chi connectivity index (χ0) is 67.0. The molecule has 512 valence electrons. The molecule has 0 spiro atoms. The fourth-order valence-electron chi connectivity index (χ4n) is 12.8. The fraction of sp³-hybridized carbons (Fsp3) is 0.597. The number of anilines is 1. The molecule has 8 rings (SSSR count). The summed E-state index contributed by atoms with van der Waals surface area (Å²) in [6, 6.07) is 6.70. The molecular formula is C62H88N10O20S. The molecule has 0 aromatic heterocycles. The third-order valence-corrected chi connectivity index (χ3v) is 18.4. The molecule has 16 N–H and O–H groups in total. The molecule has 5 aliphatic rings. The number of amides is 7. The van der Waals surface area contributed by atoms with Gasteiger partial charge in [0.25, 0.3) is 18.2 Å². The predicted octanol–water partition coefficient (Wildman–Crippen LogP) is -2.45. The summed E-state index contributed by atoms with van der Waals surface area (Å²) in [4.78, 5) is 109. The normalized spacial score (nSPS) is 27.2. The van der Waals surface area contributed by atoms with Crippen LogP contribution in [-0.4, -0.2) is 258 Å². The van der Waals surface area contributed by atoms with Crippen LogP contribution >= 0.6 is 12.3 Å². The molecule has 0 radical (unpaired) electrons. The number of benzene rings is 3. The Hall–Kier alpha value is -6.82. The number of fused-ring (bicyclic) bond motifs is 2. The van der Waals surface area contributed by atoms with E-state index in [0.717, 1.165) is 72.2 Å². The highest BCUT2D eigenvalue weighted by Gasteiger charge is 2.50. The van der Waals surface area contributed by atoms with Gasteiger partial charge in [-0.15, -0.1) is 0 Å². The molecule has 13 atom stereocenters. The van der Waals surface area contributed by atoms with Gasteiger partial charge < -0.3 is 96.7 Å². The summed E-state index contributed by atoms with van der Waals surface area (Å²) in [7, 11) is 0. The maximum absolute atomic E-state index is 15.0. The minimum atomic E-state index is -2.15. The van der Waals surface area contributed by atoms with E-state index in [0.29, 0.717) is 6.04 Å². The van der Waals surface area contributed by atoms with Crippen LogP contribution in [0.25, 0.3) is 11.1 Å². The van der Waals surface area contributed by atoms with Gasteiger partial charge in [-0.05, 0) is 92.2 Å². The van der Waals surface area contributed by atoms with Crippen molar-refractivity contribution >= 4 is 59.4 Å². The lowest BCUT2D eigenvalue weighted by Gasteiger charge is -2.34. The number of aliphatic hydroxyl groups excluding tert-OH is 8. The summed E-state index contributed by atoms with van der Waals surface area (Å²) in [6.07, 6.45) is -5.05. The van der Waals surface area contributed by atoms with Crippen molar-refractivity contribution in [2.75, 3.05) is 70.5 Å². The number of carbonyl (C=O) groups excluding carboxylic acids is 7. The van der Waals surface area contributed by atoms with E-state index in [1.165, 1.54) is 63.3 Å². The fourth-order valence-corrected chi connectivity index (χ4v) is 13.1. The Kier molecular flexibility index (Phi) is 26.4. The summed E-state index contributed by atoms with van der Waals surface area (Å²) in [5.41, 5.74) is 2.95. The molecule has 4 aliphatic heterocycles. The largest absolute Gasteiger partial charge is 0.504 e. The standard InChI is InChI=1S/C62H88N10O20S/c1-34-30-72-54(55(34)81)60(86)64-29-43(76)27-45(65-56(82)39-12-10-37(11-13-39)38-14-16-42(17-15-38)70-22-6-21-69(23-24-70)41-7-4-3-5-8-41)57(83)66-51(35(2)75)61(87)71-31-44(77)28-46(71)58(84)67-52(49(80)25-36-9-18-47(78)50(26-36)90-93-92-91-89)59(85)68-53(62(72)88)48(79)19-20-63-40(32-73)33-74/h9-18,26,34-35,40-41,43-46,48-49,51-55,63,73-81,89H,3-8,19-25,27-33H2,1-2H3,(H,64,86)(H,65,82)(H,66,83)(H,67,84)(H,68,85)/t34-,35+,43+,44+,45-,46-,48+,49+,51-,52-,53-,54-,55-/m0/s1. The summed E-state index contributed by atoms with van der Waals surface area (Å²) in [6.45, 7) is 3.73. The van der Waals surface area contributed by atoms with Gasteiger partial charge in [-0.2, -0.15) is 0 Å². The van der Waals surface area contributed by atoms with E-state index in [1.54, 1.807) is 12.1 Å². The van der Waals surface area contributed by atoms with Crippen LogP contribution in [0.5, 0.6) is 11.5 Å². The number of hydrogen-bond donors (Lipinski definition) is 16. The van der Waals surface area contributed by atoms with Gasteiger partial charge in [0.05, 0.1) is 55.9 Å². The van der Waals surface area contributed by atoms with E-state index in [2.05, 4.69) is 63.2 Å². The van der Waals surface area contributed by atoms with E-state index >= 15 is 0 Å². The van der Waals surface area contributed by atoms with E-state index < -0.39 is 184 Å². The van der Waals surface area contributed by atoms with Gasteiger partial charge >= 0.3 is 0 Å². The molecule has 30 nitrogen and oxygen atoms in total. The molecule has 31 heteroatoms. The molecule has 3 aromatic rings. The average molecular weight is 1330 g/mol. The highest BCUT2D eigenvalue weighted by atomic mass is 32.2. The van der Waals surface area contributed by atoms with E-state index in [4.69, 9.17) is 9.44 Å². The summed E-state index contributed by atoms with van der Waals surface area (Å²) < 4.78 is 9.37. The number of nitrogens with zero attached hydrogens (tertiary/aromatic N) is 4. The second kappa shape index (κ2) is 34.0. The van der Waals surface area contributed by atoms with Gasteiger partial charge in [-0.25, -0.2) is 5.26 Å². The van der Waals surface area contributed by atoms with Crippen LogP contribution in [0.1, 0.15) is 87.6 Å². The lowest BCUT2D eigenvalue weighted by Crippen LogP contribution is -2.64.